The van der Waals surface area contributed by atoms with E-state index in [1.165, 1.54) is 0 Å². The van der Waals surface area contributed by atoms with Crippen molar-refractivity contribution >= 4 is 0 Å². The minimum Gasteiger partial charge on any atom is -0.393 e. The summed E-state index contributed by atoms with van der Waals surface area (Å²) in [5.41, 5.74) is 1.69. The number of aliphatic hydroxyl groups excluding tert-OH is 1. The van der Waals surface area contributed by atoms with Crippen LogP contribution in [0.5, 0.6) is 0 Å². The van der Waals surface area contributed by atoms with Crippen molar-refractivity contribution in [2.24, 2.45) is 0 Å². The molecule has 2 N–H and O–H groups in total. The topological polar surface area (TPSA) is 35.5 Å². The van der Waals surface area contributed by atoms with E-state index >= 15 is 0 Å². The normalized spacial score (nSPS) is 17.6. The summed E-state index contributed by atoms with van der Waals surface area (Å²) in [6.45, 7) is 6.52. The summed E-state index contributed by atoms with van der Waals surface area (Å²) >= 11 is 0. The number of benzene rings is 1. The third-order valence-electron chi connectivity index (χ3n) is 3.95. The van der Waals surface area contributed by atoms with Gasteiger partial charge in [-0.3, -0.25) is 0 Å². The van der Waals surface area contributed by atoms with Gasteiger partial charge in [0.05, 0.1) is 6.10 Å². The highest BCUT2D eigenvalue weighted by atomic mass is 19.1. The van der Waals surface area contributed by atoms with Crippen LogP contribution in [0.15, 0.2) is 18.2 Å². The van der Waals surface area contributed by atoms with E-state index in [0.717, 1.165) is 57.5 Å². The molecule has 1 heterocycles. The van der Waals surface area contributed by atoms with Gasteiger partial charge in [0, 0.05) is 19.6 Å². The van der Waals surface area contributed by atoms with Gasteiger partial charge >= 0.3 is 0 Å². The Labute approximate surface area is 120 Å². The Bertz CT molecular complexity index is 417. The highest BCUT2D eigenvalue weighted by Crippen LogP contribution is 2.10. The van der Waals surface area contributed by atoms with E-state index in [9.17, 15) is 9.50 Å². The number of aliphatic hydroxyl groups is 1. The number of piperidine rings is 1. The zero-order valence-electron chi connectivity index (χ0n) is 12.2. The Morgan fingerprint density at radius 2 is 2.10 bits per heavy atom. The largest absolute Gasteiger partial charge is 0.393 e. The van der Waals surface area contributed by atoms with Crippen molar-refractivity contribution in [1.29, 1.82) is 0 Å². The Hall–Kier alpha value is -0.970. The van der Waals surface area contributed by atoms with Gasteiger partial charge in [-0.05, 0) is 56.5 Å². The molecule has 1 fully saturated rings. The van der Waals surface area contributed by atoms with Crippen molar-refractivity contribution in [3.05, 3.63) is 35.1 Å². The zero-order valence-corrected chi connectivity index (χ0v) is 12.2. The van der Waals surface area contributed by atoms with E-state index in [1.54, 1.807) is 13.0 Å². The predicted molar refractivity (Wildman–Crippen MR) is 79.1 cm³/mol. The second-order valence-corrected chi connectivity index (χ2v) is 5.69. The molecular formula is C16H25FN2O. The summed E-state index contributed by atoms with van der Waals surface area (Å²) in [7, 11) is 0. The summed E-state index contributed by atoms with van der Waals surface area (Å²) in [5, 5.41) is 12.8. The van der Waals surface area contributed by atoms with E-state index in [1.807, 2.05) is 12.1 Å². The first-order valence-electron chi connectivity index (χ1n) is 7.51. The average Bonchev–Trinajstić information content (AvgIpc) is 2.44. The lowest BCUT2D eigenvalue weighted by Gasteiger charge is -2.29. The van der Waals surface area contributed by atoms with Crippen molar-refractivity contribution in [2.75, 3.05) is 26.2 Å². The molecule has 0 radical (unpaired) electrons. The minimum atomic E-state index is -0.129. The molecule has 1 aromatic rings. The maximum atomic E-state index is 13.4. The van der Waals surface area contributed by atoms with Crippen LogP contribution in [0.1, 0.15) is 30.4 Å². The van der Waals surface area contributed by atoms with Gasteiger partial charge in [-0.2, -0.15) is 0 Å². The lowest BCUT2D eigenvalue weighted by molar-refractivity contribution is 0.0821. The van der Waals surface area contributed by atoms with Crippen LogP contribution in [-0.2, 0) is 6.54 Å². The molecule has 0 amide bonds. The van der Waals surface area contributed by atoms with Crippen LogP contribution >= 0.6 is 0 Å². The van der Waals surface area contributed by atoms with Crippen LogP contribution < -0.4 is 5.32 Å². The van der Waals surface area contributed by atoms with Crippen molar-refractivity contribution in [3.63, 3.8) is 0 Å². The molecule has 0 unspecified atom stereocenters. The number of halogens is 1. The van der Waals surface area contributed by atoms with Crippen molar-refractivity contribution < 1.29 is 9.50 Å². The van der Waals surface area contributed by atoms with Gasteiger partial charge in [-0.1, -0.05) is 12.1 Å². The van der Waals surface area contributed by atoms with E-state index in [0.29, 0.717) is 5.56 Å². The van der Waals surface area contributed by atoms with Crippen molar-refractivity contribution in [2.45, 2.75) is 38.8 Å². The monoisotopic (exact) mass is 280 g/mol. The van der Waals surface area contributed by atoms with E-state index < -0.39 is 0 Å². The number of hydrogen-bond donors (Lipinski definition) is 2. The third-order valence-corrected chi connectivity index (χ3v) is 3.95. The molecule has 4 heteroatoms. The Morgan fingerprint density at radius 3 is 2.80 bits per heavy atom. The summed E-state index contributed by atoms with van der Waals surface area (Å²) < 4.78 is 13.4. The first kappa shape index (κ1) is 15.4. The molecular weight excluding hydrogens is 255 g/mol. The minimum absolute atomic E-state index is 0.0965. The smallest absolute Gasteiger partial charge is 0.126 e. The van der Waals surface area contributed by atoms with Crippen molar-refractivity contribution in [3.8, 4) is 0 Å². The van der Waals surface area contributed by atoms with E-state index in [-0.39, 0.29) is 11.9 Å². The molecule has 0 aliphatic carbocycles. The molecule has 1 aliphatic rings. The summed E-state index contributed by atoms with van der Waals surface area (Å²) in [4.78, 5) is 2.40. The molecule has 112 valence electrons. The van der Waals surface area contributed by atoms with Crippen LogP contribution in [-0.4, -0.2) is 42.3 Å². The zero-order chi connectivity index (χ0) is 14.4. The fourth-order valence-electron chi connectivity index (χ4n) is 2.55. The molecule has 1 aromatic carbocycles. The molecule has 0 spiro atoms. The number of rotatable bonds is 6. The molecule has 0 bridgehead atoms. The lowest BCUT2D eigenvalue weighted by atomic mass is 10.1. The molecule has 1 saturated heterocycles. The highest BCUT2D eigenvalue weighted by molar-refractivity contribution is 5.23. The fraction of sp³-hybridized carbons (Fsp3) is 0.625. The average molecular weight is 280 g/mol. The van der Waals surface area contributed by atoms with Crippen LogP contribution in [0.2, 0.25) is 0 Å². The molecule has 0 aromatic heterocycles. The van der Waals surface area contributed by atoms with Gasteiger partial charge in [0.15, 0.2) is 0 Å². The molecule has 1 aliphatic heterocycles. The highest BCUT2D eigenvalue weighted by Gasteiger charge is 2.15. The predicted octanol–water partition coefficient (Wildman–Crippen LogP) is 2.07. The maximum Gasteiger partial charge on any atom is 0.126 e. The Kier molecular flexibility index (Phi) is 5.95. The van der Waals surface area contributed by atoms with E-state index in [2.05, 4.69) is 10.2 Å². The summed E-state index contributed by atoms with van der Waals surface area (Å²) in [6.07, 6.45) is 2.79. The van der Waals surface area contributed by atoms with Gasteiger partial charge in [0.2, 0.25) is 0 Å². The quantitative estimate of drug-likeness (QED) is 0.783. The van der Waals surface area contributed by atoms with Crippen LogP contribution in [0, 0.1) is 12.7 Å². The second-order valence-electron chi connectivity index (χ2n) is 5.69. The number of hydrogen-bond acceptors (Lipinski definition) is 3. The number of nitrogens with zero attached hydrogens (tertiary/aromatic N) is 1. The molecule has 2 rings (SSSR count). The van der Waals surface area contributed by atoms with Gasteiger partial charge in [0.1, 0.15) is 5.82 Å². The Morgan fingerprint density at radius 1 is 1.35 bits per heavy atom. The van der Waals surface area contributed by atoms with Gasteiger partial charge in [0.25, 0.3) is 0 Å². The Balaban J connectivity index is 1.58. The van der Waals surface area contributed by atoms with Crippen LogP contribution in [0.3, 0.4) is 0 Å². The molecule has 0 saturated carbocycles. The molecule has 20 heavy (non-hydrogen) atoms. The third kappa shape index (κ3) is 4.85. The first-order chi connectivity index (χ1) is 9.65. The number of likely N-dealkylation sites (tertiary alicyclic amines) is 1. The summed E-state index contributed by atoms with van der Waals surface area (Å²) in [5.74, 6) is -0.129. The SMILES string of the molecule is Cc1ccc(CNCCCN2CCC(O)CC2)cc1F. The van der Waals surface area contributed by atoms with E-state index in [4.69, 9.17) is 0 Å². The number of nitrogens with one attached hydrogen (secondary N) is 1. The van der Waals surface area contributed by atoms with Crippen molar-refractivity contribution in [1.82, 2.24) is 10.2 Å². The van der Waals surface area contributed by atoms with Crippen LogP contribution in [0.25, 0.3) is 0 Å². The van der Waals surface area contributed by atoms with Gasteiger partial charge < -0.3 is 15.3 Å². The molecule has 3 nitrogen and oxygen atoms in total. The standard InChI is InChI=1S/C16H25FN2O/c1-13-3-4-14(11-16(13)17)12-18-7-2-8-19-9-5-15(20)6-10-19/h3-4,11,15,18,20H,2,5-10,12H2,1H3. The summed E-state index contributed by atoms with van der Waals surface area (Å²) in [6, 6.07) is 5.40. The fourth-order valence-corrected chi connectivity index (χ4v) is 2.55. The second kappa shape index (κ2) is 7.72. The lowest BCUT2D eigenvalue weighted by Crippen LogP contribution is -2.37. The van der Waals surface area contributed by atoms with Crippen LogP contribution in [0.4, 0.5) is 4.39 Å². The molecule has 0 atom stereocenters. The number of aryl methyl sites for hydroxylation is 1. The van der Waals surface area contributed by atoms with Gasteiger partial charge in [-0.25, -0.2) is 4.39 Å². The first-order valence-corrected chi connectivity index (χ1v) is 7.51. The van der Waals surface area contributed by atoms with Gasteiger partial charge in [-0.15, -0.1) is 0 Å². The maximum absolute atomic E-state index is 13.4.